The van der Waals surface area contributed by atoms with Crippen molar-refractivity contribution in [1.29, 1.82) is 5.26 Å². The summed E-state index contributed by atoms with van der Waals surface area (Å²) in [6.45, 7) is 5.48. The fourth-order valence-corrected chi connectivity index (χ4v) is 3.64. The number of aromatic nitrogens is 1. The average molecular weight is 411 g/mol. The normalized spacial score (nSPS) is 13.6. The minimum absolute atomic E-state index is 0.246. The van der Waals surface area contributed by atoms with Crippen LogP contribution in [-0.4, -0.2) is 16.8 Å². The monoisotopic (exact) mass is 411 g/mol. The van der Waals surface area contributed by atoms with Crippen molar-refractivity contribution in [3.05, 3.63) is 58.3 Å². The average Bonchev–Trinajstić information content (AvgIpc) is 2.94. The Labute approximate surface area is 172 Å². The maximum Gasteiger partial charge on any atom is 0.419 e. The van der Waals surface area contributed by atoms with Gasteiger partial charge in [0.05, 0.1) is 5.52 Å². The lowest BCUT2D eigenvalue weighted by atomic mass is 9.73. The van der Waals surface area contributed by atoms with Gasteiger partial charge in [-0.3, -0.25) is 4.57 Å². The molecule has 0 spiro atoms. The number of carbonyl (C=O) groups excluding carboxylic acids is 1. The molecule has 2 N–H and O–H groups in total. The van der Waals surface area contributed by atoms with Crippen LogP contribution in [0.3, 0.4) is 0 Å². The van der Waals surface area contributed by atoms with Crippen LogP contribution in [-0.2, 0) is 11.8 Å². The lowest BCUT2D eigenvalue weighted by Gasteiger charge is -2.33. The summed E-state index contributed by atoms with van der Waals surface area (Å²) in [6.07, 6.45) is -2.33. The first kappa shape index (κ1) is 21.1. The second kappa shape index (κ2) is 7.67. The predicted molar refractivity (Wildman–Crippen MR) is 109 cm³/mol. The molecule has 2 atom stereocenters. The maximum atomic E-state index is 15.2. The topological polar surface area (TPSA) is 111 Å². The summed E-state index contributed by atoms with van der Waals surface area (Å²) in [5, 5.41) is 9.48. The summed E-state index contributed by atoms with van der Waals surface area (Å²) in [6, 6.07) is 11.7. The zero-order valence-corrected chi connectivity index (χ0v) is 17.1. The van der Waals surface area contributed by atoms with Crippen molar-refractivity contribution in [2.45, 2.75) is 32.8 Å². The van der Waals surface area contributed by atoms with Crippen LogP contribution in [0.25, 0.3) is 22.2 Å². The van der Waals surface area contributed by atoms with E-state index in [-0.39, 0.29) is 5.56 Å². The van der Waals surface area contributed by atoms with Gasteiger partial charge in [-0.2, -0.15) is 5.26 Å². The number of benzene rings is 2. The van der Waals surface area contributed by atoms with E-state index in [4.69, 9.17) is 14.9 Å². The molecule has 30 heavy (non-hydrogen) atoms. The fraction of sp³-hybridized carbons (Fsp3) is 0.318. The molecule has 0 saturated heterocycles. The third-order valence-corrected chi connectivity index (χ3v) is 5.07. The number of oxazole rings is 1. The zero-order valence-electron chi connectivity index (χ0n) is 17.1. The number of rotatable bonds is 4. The minimum atomic E-state index is -1.24. The number of halogens is 1. The summed E-state index contributed by atoms with van der Waals surface area (Å²) in [5.41, 5.74) is 7.06. The summed E-state index contributed by atoms with van der Waals surface area (Å²) in [7, 11) is 1.59. The molecule has 1 aromatic heterocycles. The fourth-order valence-electron chi connectivity index (χ4n) is 3.64. The van der Waals surface area contributed by atoms with Crippen LogP contribution in [0.4, 0.5) is 9.18 Å². The van der Waals surface area contributed by atoms with Crippen molar-refractivity contribution in [2.75, 3.05) is 0 Å². The number of fused-ring (bicyclic) bond motifs is 1. The quantitative estimate of drug-likeness (QED) is 0.696. The number of primary amides is 1. The van der Waals surface area contributed by atoms with Crippen LogP contribution < -0.4 is 11.5 Å². The van der Waals surface area contributed by atoms with Gasteiger partial charge in [-0.1, -0.05) is 39.0 Å². The van der Waals surface area contributed by atoms with Gasteiger partial charge in [0.1, 0.15) is 11.9 Å². The van der Waals surface area contributed by atoms with Crippen molar-refractivity contribution in [2.24, 2.45) is 18.2 Å². The van der Waals surface area contributed by atoms with Gasteiger partial charge in [-0.05, 0) is 40.3 Å². The second-order valence-corrected chi connectivity index (χ2v) is 8.18. The van der Waals surface area contributed by atoms with Gasteiger partial charge >= 0.3 is 11.8 Å². The Balaban J connectivity index is 2.07. The van der Waals surface area contributed by atoms with E-state index >= 15 is 4.39 Å². The van der Waals surface area contributed by atoms with E-state index in [9.17, 15) is 14.9 Å². The van der Waals surface area contributed by atoms with E-state index < -0.39 is 35.1 Å². The van der Waals surface area contributed by atoms with Crippen LogP contribution in [0.15, 0.2) is 45.6 Å². The number of nitrogens with zero attached hydrogens (tertiary/aromatic N) is 2. The standard InChI is InChI=1S/C22H22FN3O4/c1-22(2,3)19(18(11-24)29-20(25)27)14-7-5-12(9-15(14)23)13-6-8-17-16(10-13)26(4)21(28)30-17/h5-10,18-19H,1-4H3,(H2,25,27). The van der Waals surface area contributed by atoms with Crippen LogP contribution in [0.2, 0.25) is 0 Å². The van der Waals surface area contributed by atoms with E-state index in [0.29, 0.717) is 22.2 Å². The Kier molecular flexibility index (Phi) is 5.40. The molecule has 0 bridgehead atoms. The molecule has 0 radical (unpaired) electrons. The molecule has 3 rings (SSSR count). The van der Waals surface area contributed by atoms with E-state index in [1.165, 1.54) is 10.6 Å². The highest BCUT2D eigenvalue weighted by molar-refractivity contribution is 5.80. The van der Waals surface area contributed by atoms with Gasteiger partial charge in [0, 0.05) is 13.0 Å². The summed E-state index contributed by atoms with van der Waals surface area (Å²) < 4.78 is 26.6. The molecule has 2 aromatic carbocycles. The van der Waals surface area contributed by atoms with Crippen molar-refractivity contribution >= 4 is 17.2 Å². The second-order valence-electron chi connectivity index (χ2n) is 8.18. The molecule has 0 aliphatic rings. The Bertz CT molecular complexity index is 1210. The molecule has 0 aliphatic carbocycles. The Morgan fingerprint density at radius 2 is 1.87 bits per heavy atom. The highest BCUT2D eigenvalue weighted by Gasteiger charge is 2.38. The molecular formula is C22H22FN3O4. The van der Waals surface area contributed by atoms with Crippen LogP contribution in [0.1, 0.15) is 32.3 Å². The minimum Gasteiger partial charge on any atom is -0.430 e. The Morgan fingerprint density at radius 1 is 1.23 bits per heavy atom. The number of hydrogen-bond acceptors (Lipinski definition) is 5. The third kappa shape index (κ3) is 3.92. The van der Waals surface area contributed by atoms with E-state index in [1.54, 1.807) is 37.4 Å². The molecule has 3 aromatic rings. The first-order valence-electron chi connectivity index (χ1n) is 9.28. The number of nitriles is 1. The molecule has 1 heterocycles. The smallest absolute Gasteiger partial charge is 0.419 e. The molecule has 156 valence electrons. The van der Waals surface area contributed by atoms with Gasteiger partial charge in [-0.25, -0.2) is 14.0 Å². The van der Waals surface area contributed by atoms with Crippen LogP contribution >= 0.6 is 0 Å². The van der Waals surface area contributed by atoms with Gasteiger partial charge in [0.2, 0.25) is 0 Å². The SMILES string of the molecule is Cn1c(=O)oc2ccc(-c3ccc(C(C(C#N)OC(N)=O)C(C)(C)C)c(F)c3)cc21. The first-order chi connectivity index (χ1) is 14.0. The Hall–Kier alpha value is -3.60. The van der Waals surface area contributed by atoms with Gasteiger partial charge in [-0.15, -0.1) is 0 Å². The number of nitrogens with two attached hydrogens (primary N) is 1. The highest BCUT2D eigenvalue weighted by atomic mass is 19.1. The van der Waals surface area contributed by atoms with Crippen molar-refractivity contribution in [3.63, 3.8) is 0 Å². The summed E-state index contributed by atoms with van der Waals surface area (Å²) >= 11 is 0. The van der Waals surface area contributed by atoms with Crippen LogP contribution in [0, 0.1) is 22.6 Å². The lowest BCUT2D eigenvalue weighted by molar-refractivity contribution is 0.0886. The molecule has 7 nitrogen and oxygen atoms in total. The molecule has 0 aliphatic heterocycles. The number of carbonyl (C=O) groups is 1. The van der Waals surface area contributed by atoms with E-state index in [0.717, 1.165) is 0 Å². The number of hydrogen-bond donors (Lipinski definition) is 1. The maximum absolute atomic E-state index is 15.2. The summed E-state index contributed by atoms with van der Waals surface area (Å²) in [4.78, 5) is 22.9. The number of ether oxygens (including phenoxy) is 1. The third-order valence-electron chi connectivity index (χ3n) is 5.07. The predicted octanol–water partition coefficient (Wildman–Crippen LogP) is 4.05. The first-order valence-corrected chi connectivity index (χ1v) is 9.28. The zero-order chi connectivity index (χ0) is 22.2. The number of aryl methyl sites for hydroxylation is 1. The lowest BCUT2D eigenvalue weighted by Crippen LogP contribution is -2.35. The van der Waals surface area contributed by atoms with Crippen molar-refractivity contribution in [1.82, 2.24) is 4.57 Å². The molecule has 0 fully saturated rings. The van der Waals surface area contributed by atoms with Gasteiger partial charge in [0.25, 0.3) is 0 Å². The summed E-state index contributed by atoms with van der Waals surface area (Å²) in [5.74, 6) is -1.75. The molecular weight excluding hydrogens is 389 g/mol. The van der Waals surface area contributed by atoms with E-state index in [2.05, 4.69) is 0 Å². The largest absolute Gasteiger partial charge is 0.430 e. The van der Waals surface area contributed by atoms with Crippen molar-refractivity contribution in [3.8, 4) is 17.2 Å². The Morgan fingerprint density at radius 3 is 2.43 bits per heavy atom. The molecule has 1 amide bonds. The van der Waals surface area contributed by atoms with Crippen LogP contribution in [0.5, 0.6) is 0 Å². The van der Waals surface area contributed by atoms with E-state index in [1.807, 2.05) is 26.8 Å². The molecule has 0 saturated carbocycles. The van der Waals surface area contributed by atoms with Crippen molar-refractivity contribution < 1.29 is 18.3 Å². The van der Waals surface area contributed by atoms with Gasteiger partial charge < -0.3 is 14.9 Å². The highest BCUT2D eigenvalue weighted by Crippen LogP contribution is 2.41. The van der Waals surface area contributed by atoms with Gasteiger partial charge in [0.15, 0.2) is 11.7 Å². The molecule has 8 heteroatoms. The number of amides is 1. The molecule has 2 unspecified atom stereocenters.